The quantitative estimate of drug-likeness (QED) is 0.852. The summed E-state index contributed by atoms with van der Waals surface area (Å²) in [7, 11) is -3.49. The lowest BCUT2D eigenvalue weighted by atomic mass is 10.1. The summed E-state index contributed by atoms with van der Waals surface area (Å²) in [5.74, 6) is -0.149. The molecule has 1 unspecified atom stereocenters. The Morgan fingerprint density at radius 3 is 2.56 bits per heavy atom. The maximum Gasteiger partial charge on any atom is 0.251 e. The number of hydrogen-bond donors (Lipinski definition) is 2. The first-order valence-corrected chi connectivity index (χ1v) is 10.6. The summed E-state index contributed by atoms with van der Waals surface area (Å²) in [6.45, 7) is 4.30. The summed E-state index contributed by atoms with van der Waals surface area (Å²) in [6, 6.07) is 6.47. The number of benzene rings is 1. The van der Waals surface area contributed by atoms with E-state index in [0.717, 1.165) is 45.2 Å². The summed E-state index contributed by atoms with van der Waals surface area (Å²) in [5.41, 5.74) is 0.496. The standard InChI is InChI=1S/C18H27N3O3S/c1-14-5-2-3-12-21(14)25(23,24)17-9-7-15(8-10-17)18(22)20-16-6-4-11-19-13-16/h7-10,14,16,19H,2-6,11-13H2,1H3,(H,20,22)/t14?,16-/m0/s1. The second-order valence-corrected chi connectivity index (χ2v) is 8.89. The third-order valence-corrected chi connectivity index (χ3v) is 7.13. The lowest BCUT2D eigenvalue weighted by molar-refractivity contribution is 0.0930. The lowest BCUT2D eigenvalue weighted by Crippen LogP contribution is -2.45. The SMILES string of the molecule is CC1CCCCN1S(=O)(=O)c1ccc(C(=O)N[C@H]2CCCNC2)cc1. The summed E-state index contributed by atoms with van der Waals surface area (Å²) in [6.07, 6.45) is 4.89. The summed E-state index contributed by atoms with van der Waals surface area (Å²) in [5, 5.41) is 6.26. The molecule has 3 rings (SSSR count). The molecule has 0 spiro atoms. The van der Waals surface area contributed by atoms with E-state index in [1.54, 1.807) is 28.6 Å². The Morgan fingerprint density at radius 2 is 1.92 bits per heavy atom. The van der Waals surface area contributed by atoms with Gasteiger partial charge in [-0.25, -0.2) is 8.42 Å². The fraction of sp³-hybridized carbons (Fsp3) is 0.611. The van der Waals surface area contributed by atoms with Crippen molar-refractivity contribution in [1.29, 1.82) is 0 Å². The van der Waals surface area contributed by atoms with Crippen LogP contribution in [0.5, 0.6) is 0 Å². The van der Waals surface area contributed by atoms with Crippen molar-refractivity contribution < 1.29 is 13.2 Å². The van der Waals surface area contributed by atoms with Gasteiger partial charge in [0.1, 0.15) is 0 Å². The van der Waals surface area contributed by atoms with Crippen LogP contribution in [-0.2, 0) is 10.0 Å². The number of nitrogens with zero attached hydrogens (tertiary/aromatic N) is 1. The average Bonchev–Trinajstić information content (AvgIpc) is 2.63. The van der Waals surface area contributed by atoms with Crippen LogP contribution in [0.1, 0.15) is 49.4 Å². The number of carbonyl (C=O) groups excluding carboxylic acids is 1. The monoisotopic (exact) mass is 365 g/mol. The Labute approximate surface area is 150 Å². The van der Waals surface area contributed by atoms with Gasteiger partial charge in [0.15, 0.2) is 0 Å². The molecule has 0 aromatic heterocycles. The highest BCUT2D eigenvalue weighted by Gasteiger charge is 2.31. The van der Waals surface area contributed by atoms with Gasteiger partial charge in [-0.1, -0.05) is 6.42 Å². The number of hydrogen-bond acceptors (Lipinski definition) is 4. The molecule has 2 fully saturated rings. The molecule has 0 bridgehead atoms. The fourth-order valence-electron chi connectivity index (χ4n) is 3.59. The van der Waals surface area contributed by atoms with Crippen molar-refractivity contribution in [1.82, 2.24) is 14.9 Å². The van der Waals surface area contributed by atoms with E-state index < -0.39 is 10.0 Å². The van der Waals surface area contributed by atoms with Crippen molar-refractivity contribution in [3.63, 3.8) is 0 Å². The van der Waals surface area contributed by atoms with Crippen LogP contribution >= 0.6 is 0 Å². The Kier molecular flexibility index (Phi) is 5.76. The minimum absolute atomic E-state index is 0.0283. The molecule has 1 aromatic carbocycles. The zero-order valence-corrected chi connectivity index (χ0v) is 15.5. The first-order valence-electron chi connectivity index (χ1n) is 9.12. The highest BCUT2D eigenvalue weighted by atomic mass is 32.2. The van der Waals surface area contributed by atoms with Gasteiger partial charge in [0.25, 0.3) is 5.91 Å². The summed E-state index contributed by atoms with van der Waals surface area (Å²) in [4.78, 5) is 12.6. The molecule has 0 aliphatic carbocycles. The number of sulfonamides is 1. The van der Waals surface area contributed by atoms with Crippen LogP contribution in [0, 0.1) is 0 Å². The van der Waals surface area contributed by atoms with Gasteiger partial charge in [0.2, 0.25) is 10.0 Å². The highest BCUT2D eigenvalue weighted by molar-refractivity contribution is 7.89. The molecular weight excluding hydrogens is 338 g/mol. The molecule has 1 aromatic rings. The average molecular weight is 365 g/mol. The van der Waals surface area contributed by atoms with Crippen LogP contribution in [0.2, 0.25) is 0 Å². The van der Waals surface area contributed by atoms with E-state index in [9.17, 15) is 13.2 Å². The maximum absolute atomic E-state index is 12.8. The van der Waals surface area contributed by atoms with E-state index in [1.807, 2.05) is 6.92 Å². The van der Waals surface area contributed by atoms with Gasteiger partial charge >= 0.3 is 0 Å². The van der Waals surface area contributed by atoms with Gasteiger partial charge in [-0.15, -0.1) is 0 Å². The molecule has 138 valence electrons. The number of amides is 1. The van der Waals surface area contributed by atoms with Crippen molar-refractivity contribution >= 4 is 15.9 Å². The molecule has 0 saturated carbocycles. The predicted octanol–water partition coefficient (Wildman–Crippen LogP) is 1.73. The molecular formula is C18H27N3O3S. The van der Waals surface area contributed by atoms with Gasteiger partial charge in [0, 0.05) is 30.7 Å². The normalized spacial score (nSPS) is 25.5. The van der Waals surface area contributed by atoms with Crippen LogP contribution in [0.15, 0.2) is 29.2 Å². The van der Waals surface area contributed by atoms with E-state index in [1.165, 1.54) is 0 Å². The first-order chi connectivity index (χ1) is 12.0. The van der Waals surface area contributed by atoms with E-state index in [4.69, 9.17) is 0 Å². The first kappa shape index (κ1) is 18.4. The molecule has 25 heavy (non-hydrogen) atoms. The number of rotatable bonds is 4. The van der Waals surface area contributed by atoms with Crippen LogP contribution < -0.4 is 10.6 Å². The van der Waals surface area contributed by atoms with Crippen LogP contribution in [0.4, 0.5) is 0 Å². The van der Waals surface area contributed by atoms with Crippen LogP contribution in [-0.4, -0.2) is 50.3 Å². The molecule has 2 aliphatic rings. The van der Waals surface area contributed by atoms with E-state index in [0.29, 0.717) is 12.1 Å². The second kappa shape index (κ2) is 7.85. The Hall–Kier alpha value is -1.44. The van der Waals surface area contributed by atoms with Crippen molar-refractivity contribution in [3.8, 4) is 0 Å². The third kappa shape index (κ3) is 4.22. The predicted molar refractivity (Wildman–Crippen MR) is 97.0 cm³/mol. The molecule has 2 aliphatic heterocycles. The molecule has 2 saturated heterocycles. The maximum atomic E-state index is 12.8. The van der Waals surface area contributed by atoms with Crippen molar-refractivity contribution in [2.24, 2.45) is 0 Å². The second-order valence-electron chi connectivity index (χ2n) is 7.00. The number of piperidine rings is 2. The zero-order chi connectivity index (χ0) is 17.9. The largest absolute Gasteiger partial charge is 0.348 e. The zero-order valence-electron chi connectivity index (χ0n) is 14.7. The Morgan fingerprint density at radius 1 is 1.16 bits per heavy atom. The summed E-state index contributed by atoms with van der Waals surface area (Å²) >= 11 is 0. The molecule has 7 heteroatoms. The molecule has 2 atom stereocenters. The van der Waals surface area contributed by atoms with Gasteiger partial charge in [-0.3, -0.25) is 4.79 Å². The van der Waals surface area contributed by atoms with Gasteiger partial charge < -0.3 is 10.6 Å². The number of nitrogens with one attached hydrogen (secondary N) is 2. The molecule has 2 N–H and O–H groups in total. The van der Waals surface area contributed by atoms with Gasteiger partial charge in [0.05, 0.1) is 4.90 Å². The van der Waals surface area contributed by atoms with Crippen LogP contribution in [0.3, 0.4) is 0 Å². The van der Waals surface area contributed by atoms with E-state index in [2.05, 4.69) is 10.6 Å². The smallest absolute Gasteiger partial charge is 0.251 e. The van der Waals surface area contributed by atoms with E-state index in [-0.39, 0.29) is 22.9 Å². The van der Waals surface area contributed by atoms with Crippen LogP contribution in [0.25, 0.3) is 0 Å². The van der Waals surface area contributed by atoms with Crippen molar-refractivity contribution in [3.05, 3.63) is 29.8 Å². The fourth-order valence-corrected chi connectivity index (χ4v) is 5.29. The molecule has 2 heterocycles. The number of carbonyl (C=O) groups is 1. The lowest BCUT2D eigenvalue weighted by Gasteiger charge is -2.32. The Balaban J connectivity index is 1.69. The minimum Gasteiger partial charge on any atom is -0.348 e. The third-order valence-electron chi connectivity index (χ3n) is 5.10. The van der Waals surface area contributed by atoms with Crippen molar-refractivity contribution in [2.45, 2.75) is 56.0 Å². The van der Waals surface area contributed by atoms with E-state index >= 15 is 0 Å². The Bertz CT molecular complexity index is 697. The van der Waals surface area contributed by atoms with Crippen molar-refractivity contribution in [2.75, 3.05) is 19.6 Å². The molecule has 0 radical (unpaired) electrons. The minimum atomic E-state index is -3.49. The summed E-state index contributed by atoms with van der Waals surface area (Å²) < 4.78 is 27.2. The van der Waals surface area contributed by atoms with Gasteiger partial charge in [-0.05, 0) is 63.4 Å². The van der Waals surface area contributed by atoms with Gasteiger partial charge in [-0.2, -0.15) is 4.31 Å². The molecule has 6 nitrogen and oxygen atoms in total. The molecule has 1 amide bonds. The topological polar surface area (TPSA) is 78.5 Å². The highest BCUT2D eigenvalue weighted by Crippen LogP contribution is 2.25.